The highest BCUT2D eigenvalue weighted by Crippen LogP contribution is 2.19. The number of halogens is 1. The molecule has 1 N–H and O–H groups in total. The molecule has 0 radical (unpaired) electrons. The van der Waals surface area contributed by atoms with Crippen LogP contribution in [0.1, 0.15) is 12.8 Å². The quantitative estimate of drug-likeness (QED) is 0.665. The number of ether oxygens (including phenoxy) is 1. The molecule has 18 heavy (non-hydrogen) atoms. The molecule has 1 aliphatic heterocycles. The molecule has 1 aliphatic rings. The Morgan fingerprint density at radius 2 is 1.94 bits per heavy atom. The molecular weight excluding hydrogens is 346 g/mol. The van der Waals surface area contributed by atoms with Crippen molar-refractivity contribution in [3.05, 3.63) is 0 Å². The van der Waals surface area contributed by atoms with E-state index < -0.39 is 25.1 Å². The van der Waals surface area contributed by atoms with Crippen LogP contribution in [-0.2, 0) is 24.6 Å². The zero-order valence-electron chi connectivity index (χ0n) is 10.1. The second-order valence-corrected chi connectivity index (χ2v) is 9.26. The third-order valence-corrected chi connectivity index (χ3v) is 7.33. The molecule has 0 bridgehead atoms. The maximum atomic E-state index is 12.1. The summed E-state index contributed by atoms with van der Waals surface area (Å²) in [7, 11) is -5.04. The minimum atomic E-state index is -3.49. The van der Waals surface area contributed by atoms with E-state index in [-0.39, 0.29) is 37.0 Å². The average Bonchev–Trinajstić information content (AvgIpc) is 2.27. The zero-order valence-corrected chi connectivity index (χ0v) is 13.4. The molecule has 0 aromatic rings. The first kappa shape index (κ1) is 16.4. The van der Waals surface area contributed by atoms with Crippen molar-refractivity contribution in [1.82, 2.24) is 4.72 Å². The topological polar surface area (TPSA) is 89.5 Å². The third-order valence-electron chi connectivity index (χ3n) is 2.83. The van der Waals surface area contributed by atoms with Crippen LogP contribution < -0.4 is 4.72 Å². The van der Waals surface area contributed by atoms with Crippen LogP contribution in [0.15, 0.2) is 0 Å². The molecular formula is C9H18BrNO5S2. The lowest BCUT2D eigenvalue weighted by Gasteiger charge is -2.24. The van der Waals surface area contributed by atoms with Gasteiger partial charge in [0.15, 0.2) is 0 Å². The van der Waals surface area contributed by atoms with Gasteiger partial charge in [0.2, 0.25) is 10.0 Å². The van der Waals surface area contributed by atoms with Gasteiger partial charge in [-0.15, -0.1) is 0 Å². The molecule has 0 aromatic heterocycles. The number of methoxy groups -OCH3 is 1. The van der Waals surface area contributed by atoms with Crippen LogP contribution in [0.4, 0.5) is 0 Å². The number of sulfone groups is 1. The first-order valence-electron chi connectivity index (χ1n) is 5.57. The van der Waals surface area contributed by atoms with Gasteiger partial charge in [-0.05, 0) is 12.8 Å². The average molecular weight is 364 g/mol. The van der Waals surface area contributed by atoms with Crippen molar-refractivity contribution >= 4 is 35.8 Å². The molecule has 0 aliphatic carbocycles. The summed E-state index contributed by atoms with van der Waals surface area (Å²) in [5, 5.41) is -0.176. The summed E-state index contributed by atoms with van der Waals surface area (Å²) < 4.78 is 54.1. The maximum Gasteiger partial charge on any atom is 0.214 e. The Kier molecular flexibility index (Phi) is 6.04. The fourth-order valence-corrected chi connectivity index (χ4v) is 5.84. The van der Waals surface area contributed by atoms with E-state index in [1.807, 2.05) is 0 Å². The Morgan fingerprint density at radius 1 is 1.39 bits per heavy atom. The lowest BCUT2D eigenvalue weighted by atomic mass is 10.2. The summed E-state index contributed by atoms with van der Waals surface area (Å²) in [5.41, 5.74) is 0. The lowest BCUT2D eigenvalue weighted by Crippen LogP contribution is -2.46. The molecule has 0 saturated carbocycles. The SMILES string of the molecule is COCC(CBr)NS(=O)(=O)C1CCS(=O)(=O)CC1. The minimum Gasteiger partial charge on any atom is -0.383 e. The first-order valence-corrected chi connectivity index (χ1v) is 10.1. The van der Waals surface area contributed by atoms with Crippen LogP contribution in [-0.4, -0.2) is 58.7 Å². The lowest BCUT2D eigenvalue weighted by molar-refractivity contribution is 0.181. The Hall–Kier alpha value is 0.300. The van der Waals surface area contributed by atoms with Gasteiger partial charge in [-0.1, -0.05) is 15.9 Å². The number of alkyl halides is 1. The number of sulfonamides is 1. The Balaban J connectivity index is 2.64. The first-order chi connectivity index (χ1) is 8.30. The predicted octanol–water partition coefficient (Wildman–Crippen LogP) is -0.107. The van der Waals surface area contributed by atoms with Gasteiger partial charge in [0.25, 0.3) is 0 Å². The van der Waals surface area contributed by atoms with E-state index in [1.54, 1.807) is 0 Å². The van der Waals surface area contributed by atoms with Crippen LogP contribution in [0.3, 0.4) is 0 Å². The second kappa shape index (κ2) is 6.65. The molecule has 0 spiro atoms. The van der Waals surface area contributed by atoms with Gasteiger partial charge in [-0.3, -0.25) is 0 Å². The summed E-state index contributed by atoms with van der Waals surface area (Å²) in [4.78, 5) is 0. The van der Waals surface area contributed by atoms with Gasteiger partial charge < -0.3 is 4.74 Å². The molecule has 1 unspecified atom stereocenters. The maximum absolute atomic E-state index is 12.1. The van der Waals surface area contributed by atoms with Crippen molar-refractivity contribution in [2.24, 2.45) is 0 Å². The fraction of sp³-hybridized carbons (Fsp3) is 1.00. The highest BCUT2D eigenvalue weighted by Gasteiger charge is 2.33. The monoisotopic (exact) mass is 363 g/mol. The van der Waals surface area contributed by atoms with Crippen molar-refractivity contribution in [3.8, 4) is 0 Å². The Bertz CT molecular complexity index is 447. The number of hydrogen-bond acceptors (Lipinski definition) is 5. The molecule has 1 rings (SSSR count). The summed E-state index contributed by atoms with van der Waals surface area (Å²) in [5.74, 6) is -0.107. The van der Waals surface area contributed by atoms with E-state index in [4.69, 9.17) is 4.74 Å². The molecule has 1 atom stereocenters. The van der Waals surface area contributed by atoms with Crippen molar-refractivity contribution in [2.45, 2.75) is 24.1 Å². The van der Waals surface area contributed by atoms with Crippen LogP contribution >= 0.6 is 15.9 Å². The van der Waals surface area contributed by atoms with Crippen LogP contribution in [0, 0.1) is 0 Å². The van der Waals surface area contributed by atoms with Gasteiger partial charge in [-0.2, -0.15) is 0 Å². The number of hydrogen-bond donors (Lipinski definition) is 1. The summed E-state index contributed by atoms with van der Waals surface area (Å²) in [6.07, 6.45) is 0.333. The Morgan fingerprint density at radius 3 is 2.39 bits per heavy atom. The van der Waals surface area contributed by atoms with Crippen molar-refractivity contribution in [2.75, 3.05) is 30.6 Å². The van der Waals surface area contributed by atoms with E-state index in [0.717, 1.165) is 0 Å². The van der Waals surface area contributed by atoms with Crippen molar-refractivity contribution < 1.29 is 21.6 Å². The standard InChI is InChI=1S/C9H18BrNO5S2/c1-16-7-8(6-10)11-18(14,15)9-2-4-17(12,13)5-3-9/h8-9,11H,2-7H2,1H3. The number of nitrogens with one attached hydrogen (secondary N) is 1. The summed E-state index contributed by atoms with van der Waals surface area (Å²) >= 11 is 3.21. The van der Waals surface area contributed by atoms with Gasteiger partial charge in [-0.25, -0.2) is 21.6 Å². The molecule has 0 amide bonds. The van der Waals surface area contributed by atoms with E-state index in [1.165, 1.54) is 7.11 Å². The fourth-order valence-electron chi connectivity index (χ4n) is 1.82. The molecule has 0 aromatic carbocycles. The van der Waals surface area contributed by atoms with Gasteiger partial charge in [0, 0.05) is 12.4 Å². The van der Waals surface area contributed by atoms with Gasteiger partial charge in [0.05, 0.1) is 29.4 Å². The van der Waals surface area contributed by atoms with Crippen LogP contribution in [0.5, 0.6) is 0 Å². The normalized spacial score (nSPS) is 22.8. The van der Waals surface area contributed by atoms with E-state index in [2.05, 4.69) is 20.7 Å². The van der Waals surface area contributed by atoms with Crippen LogP contribution in [0.25, 0.3) is 0 Å². The third kappa shape index (κ3) is 4.76. The Labute approximate surface area is 117 Å². The largest absolute Gasteiger partial charge is 0.383 e. The van der Waals surface area contributed by atoms with Crippen molar-refractivity contribution in [1.29, 1.82) is 0 Å². The summed E-state index contributed by atoms with van der Waals surface area (Å²) in [6, 6.07) is -0.335. The second-order valence-electron chi connectivity index (χ2n) is 4.32. The molecule has 1 fully saturated rings. The zero-order chi connectivity index (χ0) is 13.8. The number of rotatable bonds is 6. The van der Waals surface area contributed by atoms with Crippen molar-refractivity contribution in [3.63, 3.8) is 0 Å². The highest BCUT2D eigenvalue weighted by atomic mass is 79.9. The predicted molar refractivity (Wildman–Crippen MR) is 73.2 cm³/mol. The molecule has 9 heteroatoms. The summed E-state index contributed by atoms with van der Waals surface area (Å²) in [6.45, 7) is 0.273. The van der Waals surface area contributed by atoms with E-state index in [0.29, 0.717) is 5.33 Å². The molecule has 1 saturated heterocycles. The molecule has 108 valence electrons. The highest BCUT2D eigenvalue weighted by molar-refractivity contribution is 9.09. The molecule has 6 nitrogen and oxygen atoms in total. The van der Waals surface area contributed by atoms with E-state index >= 15 is 0 Å². The minimum absolute atomic E-state index is 0.0537. The van der Waals surface area contributed by atoms with Crippen LogP contribution in [0.2, 0.25) is 0 Å². The molecule has 1 heterocycles. The van der Waals surface area contributed by atoms with Gasteiger partial charge in [0.1, 0.15) is 9.84 Å². The van der Waals surface area contributed by atoms with Gasteiger partial charge >= 0.3 is 0 Å². The van der Waals surface area contributed by atoms with E-state index in [9.17, 15) is 16.8 Å². The smallest absolute Gasteiger partial charge is 0.214 e.